The van der Waals surface area contributed by atoms with Crippen LogP contribution in [0.2, 0.25) is 0 Å². The van der Waals surface area contributed by atoms with Crippen LogP contribution < -0.4 is 10.6 Å². The Kier molecular flexibility index (Phi) is 5.08. The molecule has 1 aliphatic heterocycles. The second-order valence-electron chi connectivity index (χ2n) is 6.52. The lowest BCUT2D eigenvalue weighted by atomic mass is 9.90. The summed E-state index contributed by atoms with van der Waals surface area (Å²) >= 11 is 0. The van der Waals surface area contributed by atoms with E-state index in [4.69, 9.17) is 11.0 Å². The fourth-order valence-electron chi connectivity index (χ4n) is 2.72. The van der Waals surface area contributed by atoms with Crippen LogP contribution in [0, 0.1) is 16.7 Å². The van der Waals surface area contributed by atoms with Crippen molar-refractivity contribution in [3.8, 4) is 6.07 Å². The van der Waals surface area contributed by atoms with Crippen LogP contribution in [-0.2, 0) is 0 Å². The largest absolute Gasteiger partial charge is 0.399 e. The summed E-state index contributed by atoms with van der Waals surface area (Å²) in [6.07, 6.45) is 2.07. The number of benzene rings is 1. The van der Waals surface area contributed by atoms with Crippen molar-refractivity contribution in [2.24, 2.45) is 5.41 Å². The summed E-state index contributed by atoms with van der Waals surface area (Å²) in [4.78, 5) is 4.91. The third kappa shape index (κ3) is 4.64. The SMILES string of the molecule is CC(C)(C#N)CCCN1CCN(c2ccc(N)cc2)CC1. The minimum atomic E-state index is -0.189. The van der Waals surface area contributed by atoms with Crippen LogP contribution >= 0.6 is 0 Å². The Morgan fingerprint density at radius 1 is 1.14 bits per heavy atom. The average molecular weight is 286 g/mol. The van der Waals surface area contributed by atoms with Crippen molar-refractivity contribution in [3.63, 3.8) is 0 Å². The average Bonchev–Trinajstić information content (AvgIpc) is 2.49. The number of nitrogens with zero attached hydrogens (tertiary/aromatic N) is 3. The predicted octanol–water partition coefficient (Wildman–Crippen LogP) is 2.72. The molecule has 0 aromatic heterocycles. The Labute approximate surface area is 128 Å². The van der Waals surface area contributed by atoms with Gasteiger partial charge in [-0.1, -0.05) is 0 Å². The molecule has 2 N–H and O–H groups in total. The van der Waals surface area contributed by atoms with Crippen molar-refractivity contribution >= 4 is 11.4 Å². The lowest BCUT2D eigenvalue weighted by Crippen LogP contribution is -2.46. The Morgan fingerprint density at radius 3 is 2.33 bits per heavy atom. The van der Waals surface area contributed by atoms with Crippen molar-refractivity contribution in [2.45, 2.75) is 26.7 Å². The number of hydrogen-bond acceptors (Lipinski definition) is 4. The van der Waals surface area contributed by atoms with E-state index in [0.717, 1.165) is 51.3 Å². The highest BCUT2D eigenvalue weighted by atomic mass is 15.3. The lowest BCUT2D eigenvalue weighted by molar-refractivity contribution is 0.242. The number of anilines is 2. The van der Waals surface area contributed by atoms with E-state index in [9.17, 15) is 0 Å². The van der Waals surface area contributed by atoms with Crippen LogP contribution in [-0.4, -0.2) is 37.6 Å². The van der Waals surface area contributed by atoms with Gasteiger partial charge in [0.2, 0.25) is 0 Å². The summed E-state index contributed by atoms with van der Waals surface area (Å²) in [5.74, 6) is 0. The number of nitrogens with two attached hydrogens (primary N) is 1. The topological polar surface area (TPSA) is 56.3 Å². The van der Waals surface area contributed by atoms with Crippen LogP contribution in [0.4, 0.5) is 11.4 Å². The highest BCUT2D eigenvalue weighted by Crippen LogP contribution is 2.22. The van der Waals surface area contributed by atoms with Crippen molar-refractivity contribution < 1.29 is 0 Å². The first-order valence-corrected chi connectivity index (χ1v) is 7.74. The number of nitrogen functional groups attached to an aromatic ring is 1. The molecule has 0 saturated carbocycles. The molecule has 0 unspecified atom stereocenters. The van der Waals surface area contributed by atoms with E-state index in [0.29, 0.717) is 0 Å². The maximum Gasteiger partial charge on any atom is 0.0683 e. The second kappa shape index (κ2) is 6.82. The summed E-state index contributed by atoms with van der Waals surface area (Å²) < 4.78 is 0. The number of rotatable bonds is 5. The van der Waals surface area contributed by atoms with E-state index >= 15 is 0 Å². The highest BCUT2D eigenvalue weighted by molar-refractivity contribution is 5.53. The van der Waals surface area contributed by atoms with Gasteiger partial charge in [-0.05, 0) is 57.5 Å². The van der Waals surface area contributed by atoms with Gasteiger partial charge in [0.1, 0.15) is 0 Å². The molecule has 0 radical (unpaired) electrons. The molecule has 0 aliphatic carbocycles. The van der Waals surface area contributed by atoms with Crippen LogP contribution in [0.15, 0.2) is 24.3 Å². The maximum absolute atomic E-state index is 9.03. The Balaban J connectivity index is 1.74. The molecule has 0 amide bonds. The van der Waals surface area contributed by atoms with Gasteiger partial charge in [0.05, 0.1) is 11.5 Å². The molecule has 0 bridgehead atoms. The molecular weight excluding hydrogens is 260 g/mol. The van der Waals surface area contributed by atoms with E-state index in [1.165, 1.54) is 5.69 Å². The lowest BCUT2D eigenvalue weighted by Gasteiger charge is -2.36. The van der Waals surface area contributed by atoms with Gasteiger partial charge in [0.25, 0.3) is 0 Å². The monoisotopic (exact) mass is 286 g/mol. The maximum atomic E-state index is 9.03. The molecule has 1 fully saturated rings. The summed E-state index contributed by atoms with van der Waals surface area (Å²) in [6.45, 7) is 9.45. The van der Waals surface area contributed by atoms with Crippen molar-refractivity contribution in [3.05, 3.63) is 24.3 Å². The summed E-state index contributed by atoms with van der Waals surface area (Å²) in [6, 6.07) is 10.5. The Hall–Kier alpha value is -1.73. The highest BCUT2D eigenvalue weighted by Gasteiger charge is 2.19. The molecule has 1 aromatic carbocycles. The van der Waals surface area contributed by atoms with Gasteiger partial charge < -0.3 is 10.6 Å². The molecule has 0 spiro atoms. The Morgan fingerprint density at radius 2 is 1.76 bits per heavy atom. The summed E-state index contributed by atoms with van der Waals surface area (Å²) in [5, 5.41) is 9.03. The van der Waals surface area contributed by atoms with Gasteiger partial charge in [-0.25, -0.2) is 0 Å². The van der Waals surface area contributed by atoms with Crippen molar-refractivity contribution in [1.29, 1.82) is 5.26 Å². The first-order valence-electron chi connectivity index (χ1n) is 7.74. The van der Waals surface area contributed by atoms with Gasteiger partial charge in [0.15, 0.2) is 0 Å². The molecule has 4 nitrogen and oxygen atoms in total. The van der Waals surface area contributed by atoms with Gasteiger partial charge in [-0.2, -0.15) is 5.26 Å². The molecule has 1 saturated heterocycles. The molecule has 1 aliphatic rings. The standard InChI is InChI=1S/C17H26N4/c1-17(2,14-18)8-3-9-20-10-12-21(13-11-20)16-6-4-15(19)5-7-16/h4-7H,3,8-13,19H2,1-2H3. The first-order chi connectivity index (χ1) is 10.00. The van der Waals surface area contributed by atoms with Crippen LogP contribution in [0.1, 0.15) is 26.7 Å². The molecule has 4 heteroatoms. The van der Waals surface area contributed by atoms with Crippen molar-refractivity contribution in [2.75, 3.05) is 43.4 Å². The molecule has 1 heterocycles. The molecule has 21 heavy (non-hydrogen) atoms. The van der Waals surface area contributed by atoms with E-state index < -0.39 is 0 Å². The zero-order valence-corrected chi connectivity index (χ0v) is 13.2. The van der Waals surface area contributed by atoms with Gasteiger partial charge >= 0.3 is 0 Å². The van der Waals surface area contributed by atoms with Gasteiger partial charge in [0, 0.05) is 37.6 Å². The number of hydrogen-bond donors (Lipinski definition) is 1. The van der Waals surface area contributed by atoms with Crippen LogP contribution in [0.3, 0.4) is 0 Å². The van der Waals surface area contributed by atoms with Gasteiger partial charge in [-0.15, -0.1) is 0 Å². The van der Waals surface area contributed by atoms with E-state index in [2.05, 4.69) is 28.0 Å². The minimum absolute atomic E-state index is 0.189. The predicted molar refractivity (Wildman–Crippen MR) is 88.1 cm³/mol. The molecular formula is C17H26N4. The molecule has 114 valence electrons. The third-order valence-corrected chi connectivity index (χ3v) is 4.21. The zero-order valence-electron chi connectivity index (χ0n) is 13.2. The second-order valence-corrected chi connectivity index (χ2v) is 6.52. The summed E-state index contributed by atoms with van der Waals surface area (Å²) in [7, 11) is 0. The minimum Gasteiger partial charge on any atom is -0.399 e. The van der Waals surface area contributed by atoms with Crippen LogP contribution in [0.5, 0.6) is 0 Å². The first kappa shape index (κ1) is 15.7. The Bertz CT molecular complexity index is 479. The fourth-order valence-corrected chi connectivity index (χ4v) is 2.72. The van der Waals surface area contributed by atoms with E-state index in [1.807, 2.05) is 26.0 Å². The smallest absolute Gasteiger partial charge is 0.0683 e. The fraction of sp³-hybridized carbons (Fsp3) is 0.588. The molecule has 0 atom stereocenters. The van der Waals surface area contributed by atoms with E-state index in [1.54, 1.807) is 0 Å². The normalized spacial score (nSPS) is 16.7. The molecule has 1 aromatic rings. The zero-order chi connectivity index (χ0) is 15.3. The van der Waals surface area contributed by atoms with Crippen LogP contribution in [0.25, 0.3) is 0 Å². The number of piperazine rings is 1. The number of nitriles is 1. The van der Waals surface area contributed by atoms with Gasteiger partial charge in [-0.3, -0.25) is 4.90 Å². The van der Waals surface area contributed by atoms with Crippen molar-refractivity contribution in [1.82, 2.24) is 4.90 Å². The third-order valence-electron chi connectivity index (χ3n) is 4.21. The molecule has 2 rings (SSSR count). The van der Waals surface area contributed by atoms with E-state index in [-0.39, 0.29) is 5.41 Å². The summed E-state index contributed by atoms with van der Waals surface area (Å²) in [5.41, 5.74) is 7.62. The quantitative estimate of drug-likeness (QED) is 0.846.